The minimum absolute atomic E-state index is 0.0361. The first kappa shape index (κ1) is 30.7. The van der Waals surface area contributed by atoms with Crippen molar-refractivity contribution in [3.05, 3.63) is 78.1 Å². The van der Waals surface area contributed by atoms with Crippen LogP contribution in [0.4, 0.5) is 11.8 Å². The normalized spacial score (nSPS) is 19.0. The Hall–Kier alpha value is -5.70. The number of nitrogens with zero attached hydrogens (tertiary/aromatic N) is 4. The highest BCUT2D eigenvalue weighted by Gasteiger charge is 2.51. The molecule has 1 aliphatic heterocycles. The van der Waals surface area contributed by atoms with E-state index in [1.165, 1.54) is 31.7 Å². The highest BCUT2D eigenvalue weighted by Crippen LogP contribution is 2.37. The van der Waals surface area contributed by atoms with Gasteiger partial charge in [0.1, 0.15) is 12.7 Å². The van der Waals surface area contributed by atoms with Crippen LogP contribution in [0, 0.1) is 0 Å². The zero-order valence-electron chi connectivity index (χ0n) is 24.3. The highest BCUT2D eigenvalue weighted by atomic mass is 16.7. The third kappa shape index (κ3) is 7.10. The largest absolute Gasteiger partial charge is 0.463 e. The second-order valence-electron chi connectivity index (χ2n) is 9.88. The molecule has 1 aliphatic rings. The van der Waals surface area contributed by atoms with Crippen molar-refractivity contribution in [2.75, 3.05) is 17.2 Å². The fourth-order valence-electron chi connectivity index (χ4n) is 4.70. The van der Waals surface area contributed by atoms with Gasteiger partial charge in [0.2, 0.25) is 5.95 Å². The number of imidazole rings is 1. The quantitative estimate of drug-likeness (QED) is 0.207. The first-order valence-electron chi connectivity index (χ1n) is 13.7. The van der Waals surface area contributed by atoms with Crippen molar-refractivity contribution in [3.63, 3.8) is 0 Å². The third-order valence-corrected chi connectivity index (χ3v) is 6.57. The van der Waals surface area contributed by atoms with Gasteiger partial charge in [0.15, 0.2) is 35.4 Å². The van der Waals surface area contributed by atoms with Crippen LogP contribution in [0.3, 0.4) is 0 Å². The van der Waals surface area contributed by atoms with Crippen LogP contribution in [0.15, 0.2) is 67.0 Å². The maximum absolute atomic E-state index is 13.1. The summed E-state index contributed by atoms with van der Waals surface area (Å²) >= 11 is 0. The van der Waals surface area contributed by atoms with E-state index < -0.39 is 54.3 Å². The number of hydrogen-bond acceptors (Lipinski definition) is 12. The maximum atomic E-state index is 13.1. The molecule has 2 aromatic carbocycles. The van der Waals surface area contributed by atoms with Gasteiger partial charge < -0.3 is 24.3 Å². The Morgan fingerprint density at radius 2 is 1.36 bits per heavy atom. The summed E-state index contributed by atoms with van der Waals surface area (Å²) in [6.07, 6.45) is -3.34. The molecule has 0 spiro atoms. The van der Waals surface area contributed by atoms with Gasteiger partial charge in [-0.15, -0.1) is 0 Å². The van der Waals surface area contributed by atoms with Crippen molar-refractivity contribution < 1.29 is 42.9 Å². The number of amides is 2. The SMILES string of the molecule is CC(=O)OC[C@H]1O[C@@H](n2cnc3c(NC(=O)c4ccccc4)nc(NC(=O)c4ccccc4)nc32)[C@H](OC(C)=O)[C@@H]1OC(C)=O. The molecule has 2 N–H and O–H groups in total. The van der Waals surface area contributed by atoms with Crippen LogP contribution >= 0.6 is 0 Å². The highest BCUT2D eigenvalue weighted by molar-refractivity contribution is 6.08. The number of nitrogens with one attached hydrogen (secondary N) is 2. The third-order valence-electron chi connectivity index (χ3n) is 6.57. The van der Waals surface area contributed by atoms with Crippen molar-refractivity contribution in [2.24, 2.45) is 0 Å². The molecule has 4 aromatic rings. The number of carbonyl (C=O) groups is 5. The molecule has 2 amide bonds. The molecule has 0 aliphatic carbocycles. The smallest absolute Gasteiger partial charge is 0.303 e. The Bertz CT molecular complexity index is 1740. The number of fused-ring (bicyclic) bond motifs is 1. The number of rotatable bonds is 9. The molecule has 0 bridgehead atoms. The molecule has 0 radical (unpaired) electrons. The molecular weight excluding hydrogens is 588 g/mol. The van der Waals surface area contributed by atoms with E-state index in [2.05, 4.69) is 25.6 Å². The Balaban J connectivity index is 1.59. The number of aromatic nitrogens is 4. The minimum Gasteiger partial charge on any atom is -0.463 e. The summed E-state index contributed by atoms with van der Waals surface area (Å²) in [4.78, 5) is 75.0. The standard InChI is InChI=1S/C30H28N6O9/c1-16(37)42-14-21-23(43-17(2)38)24(44-18(3)39)29(45-21)36-15-31-22-25(32-27(40)19-10-6-4-7-11-19)33-30(34-26(22)36)35-28(41)20-12-8-5-9-13-20/h4-13,15,21,23-24,29H,14H2,1-3H3,(H2,32,33,34,35,40,41)/t21-,23-,24-,29-/m1/s1. The molecule has 1 saturated heterocycles. The summed E-state index contributed by atoms with van der Waals surface area (Å²) < 4.78 is 23.6. The second kappa shape index (κ2) is 13.3. The molecule has 15 nitrogen and oxygen atoms in total. The number of ether oxygens (including phenoxy) is 4. The summed E-state index contributed by atoms with van der Waals surface area (Å²) in [5, 5.41) is 5.33. The summed E-state index contributed by atoms with van der Waals surface area (Å²) in [5.74, 6) is -3.24. The number of benzene rings is 2. The number of anilines is 2. The topological polar surface area (TPSA) is 190 Å². The van der Waals surface area contributed by atoms with Crippen molar-refractivity contribution in [2.45, 2.75) is 45.3 Å². The van der Waals surface area contributed by atoms with Crippen LogP contribution in [0.2, 0.25) is 0 Å². The van der Waals surface area contributed by atoms with Gasteiger partial charge in [-0.25, -0.2) is 4.98 Å². The van der Waals surface area contributed by atoms with Crippen molar-refractivity contribution in [1.82, 2.24) is 19.5 Å². The Morgan fingerprint density at radius 3 is 1.93 bits per heavy atom. The van der Waals surface area contributed by atoms with Gasteiger partial charge >= 0.3 is 17.9 Å². The lowest BCUT2D eigenvalue weighted by Gasteiger charge is -2.23. The monoisotopic (exact) mass is 616 g/mol. The van der Waals surface area contributed by atoms with Crippen LogP contribution in [0.25, 0.3) is 11.2 Å². The van der Waals surface area contributed by atoms with Gasteiger partial charge in [-0.05, 0) is 24.3 Å². The number of esters is 3. The van der Waals surface area contributed by atoms with Gasteiger partial charge in [0.05, 0.1) is 6.33 Å². The van der Waals surface area contributed by atoms with Crippen LogP contribution in [-0.2, 0) is 33.3 Å². The van der Waals surface area contributed by atoms with E-state index in [4.69, 9.17) is 18.9 Å². The zero-order valence-corrected chi connectivity index (χ0v) is 24.3. The Morgan fingerprint density at radius 1 is 0.778 bits per heavy atom. The maximum Gasteiger partial charge on any atom is 0.303 e. The fraction of sp³-hybridized carbons (Fsp3) is 0.267. The molecule has 4 atom stereocenters. The van der Waals surface area contributed by atoms with E-state index in [1.807, 2.05) is 0 Å². The molecule has 232 valence electrons. The van der Waals surface area contributed by atoms with E-state index in [-0.39, 0.29) is 29.5 Å². The van der Waals surface area contributed by atoms with Crippen LogP contribution in [0.5, 0.6) is 0 Å². The Kier molecular flexibility index (Phi) is 9.09. The van der Waals surface area contributed by atoms with Gasteiger partial charge in [-0.3, -0.25) is 33.9 Å². The first-order chi connectivity index (χ1) is 21.6. The predicted molar refractivity (Wildman–Crippen MR) is 156 cm³/mol. The predicted octanol–water partition coefficient (Wildman–Crippen LogP) is 2.65. The molecule has 45 heavy (non-hydrogen) atoms. The molecular formula is C30H28N6O9. The molecule has 5 rings (SSSR count). The van der Waals surface area contributed by atoms with Gasteiger partial charge in [-0.1, -0.05) is 36.4 Å². The van der Waals surface area contributed by atoms with Crippen molar-refractivity contribution in [1.29, 1.82) is 0 Å². The summed E-state index contributed by atoms with van der Waals surface area (Å²) in [6.45, 7) is 3.22. The van der Waals surface area contributed by atoms with Gasteiger partial charge in [0, 0.05) is 31.9 Å². The molecule has 2 aromatic heterocycles. The Labute approximate surface area is 255 Å². The average molecular weight is 617 g/mol. The molecule has 0 unspecified atom stereocenters. The summed E-state index contributed by atoms with van der Waals surface area (Å²) in [6, 6.07) is 16.7. The van der Waals surface area contributed by atoms with Crippen LogP contribution < -0.4 is 10.6 Å². The van der Waals surface area contributed by atoms with Crippen LogP contribution in [0.1, 0.15) is 47.7 Å². The van der Waals surface area contributed by atoms with Crippen molar-refractivity contribution in [3.8, 4) is 0 Å². The van der Waals surface area contributed by atoms with E-state index in [0.29, 0.717) is 11.1 Å². The van der Waals surface area contributed by atoms with E-state index in [0.717, 1.165) is 0 Å². The summed E-state index contributed by atoms with van der Waals surface area (Å²) in [7, 11) is 0. The van der Waals surface area contributed by atoms with E-state index in [1.54, 1.807) is 60.7 Å². The van der Waals surface area contributed by atoms with Gasteiger partial charge in [-0.2, -0.15) is 9.97 Å². The molecule has 0 saturated carbocycles. The second-order valence-corrected chi connectivity index (χ2v) is 9.88. The van der Waals surface area contributed by atoms with Crippen LogP contribution in [-0.4, -0.2) is 74.2 Å². The average Bonchev–Trinajstić information content (AvgIpc) is 3.57. The number of hydrogen-bond donors (Lipinski definition) is 2. The lowest BCUT2D eigenvalue weighted by atomic mass is 10.1. The lowest BCUT2D eigenvalue weighted by Crippen LogP contribution is -2.40. The number of carbonyl (C=O) groups excluding carboxylic acids is 5. The van der Waals surface area contributed by atoms with Crippen molar-refractivity contribution >= 4 is 52.7 Å². The fourth-order valence-corrected chi connectivity index (χ4v) is 4.70. The first-order valence-corrected chi connectivity index (χ1v) is 13.7. The van der Waals surface area contributed by atoms with E-state index >= 15 is 0 Å². The molecule has 1 fully saturated rings. The van der Waals surface area contributed by atoms with Gasteiger partial charge in [0.25, 0.3) is 11.8 Å². The summed E-state index contributed by atoms with van der Waals surface area (Å²) in [5.41, 5.74) is 0.838. The lowest BCUT2D eigenvalue weighted by molar-refractivity contribution is -0.166. The molecule has 3 heterocycles. The minimum atomic E-state index is -1.23. The van der Waals surface area contributed by atoms with E-state index in [9.17, 15) is 24.0 Å². The molecule has 15 heteroatoms. The zero-order chi connectivity index (χ0) is 32.1.